The molecule has 0 radical (unpaired) electrons. The van der Waals surface area contributed by atoms with Gasteiger partial charge in [0.1, 0.15) is 0 Å². The number of carbonyl (C=O) groups is 1. The Morgan fingerprint density at radius 1 is 0.733 bits per heavy atom. The van der Waals surface area contributed by atoms with Crippen LogP contribution in [0.2, 0.25) is 0 Å². The number of nitrogens with one attached hydrogen (secondary N) is 2. The zero-order valence-corrected chi connectivity index (χ0v) is 36.9. The summed E-state index contributed by atoms with van der Waals surface area (Å²) in [5.74, 6) is -0.208. The molecule has 0 saturated carbocycles. The van der Waals surface area contributed by atoms with E-state index >= 15 is 0 Å². The molecule has 0 aromatic heterocycles. The first-order chi connectivity index (χ1) is 28.7. The Morgan fingerprint density at radius 2 is 1.17 bits per heavy atom. The van der Waals surface area contributed by atoms with E-state index in [1.807, 2.05) is 0 Å². The number of aliphatic imine (C=N–C) groups is 1. The lowest BCUT2D eigenvalue weighted by atomic mass is 9.78. The molecule has 2 aromatic carbocycles. The number of carbonyl (C=O) groups excluding carboxylic acids is 2. The van der Waals surface area contributed by atoms with Gasteiger partial charge in [0, 0.05) is 42.7 Å². The monoisotopic (exact) mass is 866 g/mol. The van der Waals surface area contributed by atoms with Crippen molar-refractivity contribution < 1.29 is 35.9 Å². The number of hydrogen-bond acceptors (Lipinski definition) is 11. The van der Waals surface area contributed by atoms with E-state index in [0.29, 0.717) is 13.2 Å². The van der Waals surface area contributed by atoms with E-state index in [-0.39, 0.29) is 34.5 Å². The molecule has 2 atom stereocenters. The predicted molar refractivity (Wildman–Crippen MR) is 230 cm³/mol. The van der Waals surface area contributed by atoms with Crippen molar-refractivity contribution in [3.05, 3.63) is 56.6 Å². The molecule has 4 N–H and O–H groups in total. The quantitative estimate of drug-likeness (QED) is 0.243. The summed E-state index contributed by atoms with van der Waals surface area (Å²) in [6.45, 7) is 11.6. The molecule has 0 bridgehead atoms. The van der Waals surface area contributed by atoms with Crippen LogP contribution in [-0.2, 0) is 85.7 Å². The number of benzene rings is 2. The van der Waals surface area contributed by atoms with Crippen molar-refractivity contribution in [3.8, 4) is 0 Å². The van der Waals surface area contributed by atoms with E-state index in [9.17, 15) is 26.4 Å². The lowest BCUT2D eigenvalue weighted by molar-refractivity contribution is -0.00445. The fraction of sp³-hybridized carbons (Fsp3) is 0.682. The third kappa shape index (κ3) is 9.56. The first kappa shape index (κ1) is 43.4. The summed E-state index contributed by atoms with van der Waals surface area (Å²) >= 11 is 0. The second-order valence-electron chi connectivity index (χ2n) is 18.7. The Balaban J connectivity index is 0.000000139. The number of sulfonamides is 2. The molecule has 16 heteroatoms. The van der Waals surface area contributed by atoms with Crippen LogP contribution in [0.15, 0.2) is 17.1 Å². The Morgan fingerprint density at radius 3 is 1.60 bits per heavy atom. The van der Waals surface area contributed by atoms with Gasteiger partial charge in [-0.1, -0.05) is 26.0 Å². The molecule has 2 aromatic rings. The van der Waals surface area contributed by atoms with Crippen molar-refractivity contribution in [2.45, 2.75) is 116 Å². The molecule has 4 aliphatic carbocycles. The minimum Gasteiger partial charge on any atom is -0.376 e. The summed E-state index contributed by atoms with van der Waals surface area (Å²) in [5.41, 5.74) is 12.6. The zero-order chi connectivity index (χ0) is 42.3. The van der Waals surface area contributed by atoms with Crippen LogP contribution in [0.3, 0.4) is 0 Å². The number of hydrogen-bond donors (Lipinski definition) is 3. The highest BCUT2D eigenvalue weighted by molar-refractivity contribution is 7.90. The fourth-order valence-electron chi connectivity index (χ4n) is 11.5. The van der Waals surface area contributed by atoms with Crippen molar-refractivity contribution in [1.29, 1.82) is 0 Å². The summed E-state index contributed by atoms with van der Waals surface area (Å²) in [6.07, 6.45) is 15.8. The highest BCUT2D eigenvalue weighted by Crippen LogP contribution is 2.43. The van der Waals surface area contributed by atoms with Gasteiger partial charge in [-0.25, -0.2) is 36.3 Å². The van der Waals surface area contributed by atoms with Crippen molar-refractivity contribution in [1.82, 2.24) is 14.5 Å². The van der Waals surface area contributed by atoms with Crippen LogP contribution in [0.5, 0.6) is 0 Å². The van der Waals surface area contributed by atoms with Gasteiger partial charge < -0.3 is 24.6 Å². The van der Waals surface area contributed by atoms with E-state index in [1.54, 1.807) is 6.08 Å². The molecule has 2 amide bonds. The topological polar surface area (TPSA) is 190 Å². The zero-order valence-electron chi connectivity index (χ0n) is 35.3. The van der Waals surface area contributed by atoms with Gasteiger partial charge in [-0.15, -0.1) is 0 Å². The molecular formula is C44H62N6O8S2. The van der Waals surface area contributed by atoms with Crippen LogP contribution in [-0.4, -0.2) is 115 Å². The summed E-state index contributed by atoms with van der Waals surface area (Å²) in [7, 11) is -7.17. The number of rotatable bonds is 9. The third-order valence-electron chi connectivity index (χ3n) is 14.1. The summed E-state index contributed by atoms with van der Waals surface area (Å²) in [5, 5.41) is 7.90. The van der Waals surface area contributed by atoms with Crippen LogP contribution in [0.4, 0.5) is 16.2 Å². The summed E-state index contributed by atoms with van der Waals surface area (Å²) < 4.78 is 60.6. The molecule has 8 aliphatic rings. The van der Waals surface area contributed by atoms with Crippen LogP contribution >= 0.6 is 0 Å². The number of likely N-dealkylation sites (tertiary alicyclic amines) is 2. The molecular weight excluding hydrogens is 805 g/mol. The first-order valence-electron chi connectivity index (χ1n) is 22.1. The average Bonchev–Trinajstić information content (AvgIpc) is 4.01. The van der Waals surface area contributed by atoms with Crippen LogP contribution in [0.1, 0.15) is 96.9 Å². The Hall–Kier alpha value is -3.21. The van der Waals surface area contributed by atoms with Crippen molar-refractivity contribution in [2.24, 2.45) is 21.0 Å². The fourth-order valence-corrected chi connectivity index (χ4v) is 13.3. The number of fused-ring (bicyclic) bond motifs is 4. The number of nitrogens with two attached hydrogens (primary N) is 1. The molecule has 2 spiro atoms. The number of urea groups is 1. The van der Waals surface area contributed by atoms with Gasteiger partial charge in [0.15, 0.2) is 0 Å². The lowest BCUT2D eigenvalue weighted by Gasteiger charge is -2.47. The summed E-state index contributed by atoms with van der Waals surface area (Å²) in [4.78, 5) is 31.7. The molecule has 4 heterocycles. The number of aryl methyl sites for hydroxylation is 4. The largest absolute Gasteiger partial charge is 0.376 e. The minimum atomic E-state index is -3.77. The number of anilines is 1. The Bertz CT molecular complexity index is 2180. The van der Waals surface area contributed by atoms with Gasteiger partial charge in [-0.3, -0.25) is 0 Å². The summed E-state index contributed by atoms with van der Waals surface area (Å²) in [6, 6.07) is 3.98. The van der Waals surface area contributed by atoms with Gasteiger partial charge >= 0.3 is 6.03 Å². The molecule has 2 unspecified atom stereocenters. The second-order valence-corrected chi connectivity index (χ2v) is 22.1. The number of ether oxygens (including phenoxy) is 2. The van der Waals surface area contributed by atoms with E-state index < -0.39 is 26.1 Å². The van der Waals surface area contributed by atoms with Gasteiger partial charge in [0.05, 0.1) is 42.6 Å². The van der Waals surface area contributed by atoms with Gasteiger partial charge in [0.25, 0.3) is 0 Å². The third-order valence-corrected chi connectivity index (χ3v) is 16.2. The normalized spacial score (nSPS) is 24.2. The Kier molecular flexibility index (Phi) is 12.7. The number of primary sulfonamides is 1. The standard InChI is InChI=1S/C22H31N3O4S.C13H13NO.C9H18N2O3S/c1-2-25-12-22(13-25)10-17(29-14-22)11-30(27,28)24-21(26)23-20-18-7-3-5-15(18)9-16-6-4-8-19(16)20;15-8-14-13-11-5-1-3-9(11)7-10-4-2-6-12(10)13;1-2-11-5-9(6-11)3-8(14-7-9)4-15(10,12)13/h9,17H,2-8,10-14H2,1H3,(H2,23,24,26);7H,1-6H2;8H,2-7H2,1H3,(H2,10,12,13). The van der Waals surface area contributed by atoms with Crippen molar-refractivity contribution >= 4 is 43.5 Å². The average molecular weight is 867 g/mol. The lowest BCUT2D eigenvalue weighted by Crippen LogP contribution is -2.56. The molecule has 328 valence electrons. The van der Waals surface area contributed by atoms with Crippen LogP contribution in [0, 0.1) is 10.8 Å². The van der Waals surface area contributed by atoms with Gasteiger partial charge in [-0.05, 0) is 147 Å². The number of nitrogens with zero attached hydrogens (tertiary/aromatic N) is 3. The molecule has 4 fully saturated rings. The van der Waals surface area contributed by atoms with E-state index in [4.69, 9.17) is 14.6 Å². The number of isocyanates is 1. The van der Waals surface area contributed by atoms with Crippen LogP contribution < -0.4 is 15.2 Å². The van der Waals surface area contributed by atoms with E-state index in [2.05, 4.69) is 50.8 Å². The second kappa shape index (κ2) is 17.5. The minimum absolute atomic E-state index is 0.0408. The molecule has 10 rings (SSSR count). The van der Waals surface area contributed by atoms with Gasteiger partial charge in [-0.2, -0.15) is 4.99 Å². The maximum absolute atomic E-state index is 12.6. The Labute approximate surface area is 355 Å². The van der Waals surface area contributed by atoms with E-state index in [1.165, 1.54) is 57.3 Å². The maximum Gasteiger partial charge on any atom is 0.332 e. The molecule has 4 saturated heterocycles. The number of amides is 2. The van der Waals surface area contributed by atoms with E-state index in [0.717, 1.165) is 128 Å². The molecule has 14 nitrogen and oxygen atoms in total. The smallest absolute Gasteiger partial charge is 0.332 e. The predicted octanol–water partition coefficient (Wildman–Crippen LogP) is 4.24. The highest BCUT2D eigenvalue weighted by atomic mass is 32.2. The van der Waals surface area contributed by atoms with Crippen molar-refractivity contribution in [2.75, 3.05) is 69.3 Å². The van der Waals surface area contributed by atoms with Crippen LogP contribution in [0.25, 0.3) is 0 Å². The van der Waals surface area contributed by atoms with Crippen molar-refractivity contribution in [3.63, 3.8) is 0 Å². The highest BCUT2D eigenvalue weighted by Gasteiger charge is 2.50. The SMILES string of the molecule is CCN1CC2(COC(CS(=O)(=O)NC(=O)Nc3c4c(cc5c3CCC5)CCC4)C2)C1.CCN1CC2(COC(CS(N)(=O)=O)C2)C1.O=C=Nc1c2c(cc3c1CCC3)CCC2. The first-order valence-corrected chi connectivity index (χ1v) is 25.5. The van der Waals surface area contributed by atoms with Gasteiger partial charge in [0.2, 0.25) is 26.1 Å². The maximum atomic E-state index is 12.6. The molecule has 4 aliphatic heterocycles. The molecule has 60 heavy (non-hydrogen) atoms.